The van der Waals surface area contributed by atoms with Gasteiger partial charge in [0.1, 0.15) is 11.5 Å². The predicted molar refractivity (Wildman–Crippen MR) is 59.6 cm³/mol. The summed E-state index contributed by atoms with van der Waals surface area (Å²) < 4.78 is 1.94. The summed E-state index contributed by atoms with van der Waals surface area (Å²) in [4.78, 5) is 4.58. The molecule has 1 fully saturated rings. The van der Waals surface area contributed by atoms with Crippen LogP contribution in [-0.4, -0.2) is 15.9 Å². The van der Waals surface area contributed by atoms with Crippen LogP contribution in [0, 0.1) is 0 Å². The Hall–Kier alpha value is -1.55. The Morgan fingerprint density at radius 2 is 2.40 bits per heavy atom. The molecule has 3 heterocycles. The average Bonchev–Trinajstić information content (AvgIpc) is 2.86. The van der Waals surface area contributed by atoms with E-state index in [4.69, 9.17) is 5.73 Å². The molecule has 1 unspecified atom stereocenters. The lowest BCUT2D eigenvalue weighted by Crippen LogP contribution is -2.12. The van der Waals surface area contributed by atoms with Gasteiger partial charge in [-0.2, -0.15) is 0 Å². The van der Waals surface area contributed by atoms with E-state index in [1.54, 1.807) is 0 Å². The highest BCUT2D eigenvalue weighted by atomic mass is 15.1. The number of nitrogens with zero attached hydrogens (tertiary/aromatic N) is 2. The van der Waals surface area contributed by atoms with E-state index < -0.39 is 0 Å². The maximum atomic E-state index is 5.87. The largest absolute Gasteiger partial charge is 0.385 e. The minimum atomic E-state index is 0.407. The molecule has 3 rings (SSSR count). The van der Waals surface area contributed by atoms with Crippen molar-refractivity contribution >= 4 is 11.5 Å². The van der Waals surface area contributed by atoms with Gasteiger partial charge in [-0.15, -0.1) is 0 Å². The number of hydrogen-bond acceptors (Lipinski definition) is 3. The van der Waals surface area contributed by atoms with Crippen LogP contribution in [0.25, 0.3) is 5.65 Å². The van der Waals surface area contributed by atoms with Crippen molar-refractivity contribution < 1.29 is 0 Å². The van der Waals surface area contributed by atoms with Gasteiger partial charge in [-0.3, -0.25) is 4.40 Å². The molecule has 4 nitrogen and oxygen atoms in total. The van der Waals surface area contributed by atoms with Crippen molar-refractivity contribution in [1.29, 1.82) is 0 Å². The number of nitrogens with one attached hydrogen (secondary N) is 1. The molecule has 0 bridgehead atoms. The van der Waals surface area contributed by atoms with Gasteiger partial charge < -0.3 is 11.1 Å². The van der Waals surface area contributed by atoms with E-state index in [1.807, 2.05) is 28.8 Å². The van der Waals surface area contributed by atoms with Crippen LogP contribution in [0.3, 0.4) is 0 Å². The van der Waals surface area contributed by atoms with E-state index in [2.05, 4.69) is 10.3 Å². The van der Waals surface area contributed by atoms with E-state index >= 15 is 0 Å². The molecule has 0 spiro atoms. The molecule has 1 saturated heterocycles. The van der Waals surface area contributed by atoms with Gasteiger partial charge in [0.05, 0.1) is 11.7 Å². The van der Waals surface area contributed by atoms with E-state index in [1.165, 1.54) is 12.8 Å². The van der Waals surface area contributed by atoms with Gasteiger partial charge >= 0.3 is 0 Å². The lowest BCUT2D eigenvalue weighted by molar-refractivity contribution is 0.632. The minimum Gasteiger partial charge on any atom is -0.385 e. The van der Waals surface area contributed by atoms with Crippen LogP contribution in [0.15, 0.2) is 24.4 Å². The molecule has 15 heavy (non-hydrogen) atoms. The van der Waals surface area contributed by atoms with Crippen molar-refractivity contribution in [2.24, 2.45) is 0 Å². The zero-order valence-corrected chi connectivity index (χ0v) is 8.48. The van der Waals surface area contributed by atoms with Gasteiger partial charge in [-0.25, -0.2) is 4.98 Å². The van der Waals surface area contributed by atoms with Gasteiger partial charge in [-0.05, 0) is 31.5 Å². The van der Waals surface area contributed by atoms with Crippen molar-refractivity contribution in [1.82, 2.24) is 14.7 Å². The molecule has 2 aromatic rings. The molecule has 1 aliphatic heterocycles. The molecule has 3 N–H and O–H groups in total. The number of hydrogen-bond donors (Lipinski definition) is 2. The zero-order chi connectivity index (χ0) is 10.3. The standard InChI is InChI=1S/C11H14N4/c12-10-4-1-5-11-14-9(7-15(10)11)8-3-2-6-13-8/h1,4-5,7-8,13H,2-3,6,12H2. The maximum Gasteiger partial charge on any atom is 0.138 e. The minimum absolute atomic E-state index is 0.407. The summed E-state index contributed by atoms with van der Waals surface area (Å²) in [7, 11) is 0. The monoisotopic (exact) mass is 202 g/mol. The number of pyridine rings is 1. The van der Waals surface area contributed by atoms with Crippen molar-refractivity contribution in [3.8, 4) is 0 Å². The molecular formula is C11H14N4. The average molecular weight is 202 g/mol. The van der Waals surface area contributed by atoms with Crippen molar-refractivity contribution in [2.75, 3.05) is 12.3 Å². The first-order valence-electron chi connectivity index (χ1n) is 5.31. The van der Waals surface area contributed by atoms with Crippen molar-refractivity contribution in [2.45, 2.75) is 18.9 Å². The normalized spacial score (nSPS) is 21.2. The van der Waals surface area contributed by atoms with Gasteiger partial charge in [0, 0.05) is 6.20 Å². The zero-order valence-electron chi connectivity index (χ0n) is 8.48. The molecule has 0 radical (unpaired) electrons. The Morgan fingerprint density at radius 3 is 3.13 bits per heavy atom. The summed E-state index contributed by atoms with van der Waals surface area (Å²) >= 11 is 0. The fourth-order valence-corrected chi connectivity index (χ4v) is 2.16. The number of aromatic nitrogens is 2. The van der Waals surface area contributed by atoms with Gasteiger partial charge in [0.25, 0.3) is 0 Å². The first-order valence-corrected chi connectivity index (χ1v) is 5.31. The molecule has 0 aliphatic carbocycles. The fourth-order valence-electron chi connectivity index (χ4n) is 2.16. The smallest absolute Gasteiger partial charge is 0.138 e. The summed E-state index contributed by atoms with van der Waals surface area (Å²) in [5.41, 5.74) is 7.90. The molecule has 1 atom stereocenters. The molecule has 4 heteroatoms. The number of nitrogen functional groups attached to an aromatic ring is 1. The summed E-state index contributed by atoms with van der Waals surface area (Å²) in [6, 6.07) is 6.21. The molecule has 78 valence electrons. The summed E-state index contributed by atoms with van der Waals surface area (Å²) in [6.07, 6.45) is 4.44. The summed E-state index contributed by atoms with van der Waals surface area (Å²) in [5.74, 6) is 0.740. The van der Waals surface area contributed by atoms with Crippen LogP contribution in [0.5, 0.6) is 0 Å². The Labute approximate surface area is 88.1 Å². The summed E-state index contributed by atoms with van der Waals surface area (Å²) in [5, 5.41) is 3.44. The topological polar surface area (TPSA) is 55.3 Å². The number of imidazole rings is 1. The molecule has 0 saturated carbocycles. The molecule has 2 aromatic heterocycles. The third-order valence-corrected chi connectivity index (χ3v) is 2.96. The Kier molecular flexibility index (Phi) is 1.89. The van der Waals surface area contributed by atoms with Crippen LogP contribution >= 0.6 is 0 Å². The highest BCUT2D eigenvalue weighted by Gasteiger charge is 2.19. The Morgan fingerprint density at radius 1 is 1.47 bits per heavy atom. The van der Waals surface area contributed by atoms with Crippen LogP contribution in [0.4, 0.5) is 5.82 Å². The lowest BCUT2D eigenvalue weighted by atomic mass is 10.2. The number of anilines is 1. The molecule has 1 aliphatic rings. The van der Waals surface area contributed by atoms with Crippen molar-refractivity contribution in [3.05, 3.63) is 30.1 Å². The van der Waals surface area contributed by atoms with Gasteiger partial charge in [0.15, 0.2) is 0 Å². The quantitative estimate of drug-likeness (QED) is 0.733. The van der Waals surface area contributed by atoms with E-state index in [0.717, 1.165) is 23.7 Å². The summed E-state index contributed by atoms with van der Waals surface area (Å²) in [6.45, 7) is 1.09. The third-order valence-electron chi connectivity index (χ3n) is 2.96. The second-order valence-electron chi connectivity index (χ2n) is 3.99. The van der Waals surface area contributed by atoms with Crippen molar-refractivity contribution in [3.63, 3.8) is 0 Å². The number of nitrogens with two attached hydrogens (primary N) is 1. The Balaban J connectivity index is 2.09. The Bertz CT molecular complexity index is 482. The molecule has 0 amide bonds. The lowest BCUT2D eigenvalue weighted by Gasteiger charge is -2.04. The molecule has 0 aromatic carbocycles. The number of rotatable bonds is 1. The van der Waals surface area contributed by atoms with Crippen LogP contribution < -0.4 is 11.1 Å². The SMILES string of the molecule is Nc1cccc2nc(C3CCCN3)cn12. The van der Waals surface area contributed by atoms with Crippen LogP contribution in [0.1, 0.15) is 24.6 Å². The van der Waals surface area contributed by atoms with E-state index in [9.17, 15) is 0 Å². The van der Waals surface area contributed by atoms with Crippen LogP contribution in [0.2, 0.25) is 0 Å². The second-order valence-corrected chi connectivity index (χ2v) is 3.99. The van der Waals surface area contributed by atoms with Gasteiger partial charge in [-0.1, -0.05) is 6.07 Å². The third kappa shape index (κ3) is 1.37. The highest BCUT2D eigenvalue weighted by Crippen LogP contribution is 2.23. The van der Waals surface area contributed by atoms with E-state index in [-0.39, 0.29) is 0 Å². The first-order chi connectivity index (χ1) is 7.34. The second kappa shape index (κ2) is 3.24. The van der Waals surface area contributed by atoms with Gasteiger partial charge in [0.2, 0.25) is 0 Å². The number of fused-ring (bicyclic) bond motifs is 1. The highest BCUT2D eigenvalue weighted by molar-refractivity contribution is 5.49. The maximum absolute atomic E-state index is 5.87. The predicted octanol–water partition coefficient (Wildman–Crippen LogP) is 1.34. The fraction of sp³-hybridized carbons (Fsp3) is 0.364. The van der Waals surface area contributed by atoms with E-state index in [0.29, 0.717) is 6.04 Å². The first kappa shape index (κ1) is 8.73. The molecular weight excluding hydrogens is 188 g/mol. The van der Waals surface area contributed by atoms with Crippen LogP contribution in [-0.2, 0) is 0 Å².